The van der Waals surface area contributed by atoms with E-state index in [1.165, 1.54) is 0 Å². The van der Waals surface area contributed by atoms with Gasteiger partial charge in [-0.2, -0.15) is 0 Å². The summed E-state index contributed by atoms with van der Waals surface area (Å²) in [6.45, 7) is 2.96. The molecule has 0 aliphatic rings. The second-order valence-electron chi connectivity index (χ2n) is 3.07. The third kappa shape index (κ3) is 3.46. The minimum atomic E-state index is -0.981. The van der Waals surface area contributed by atoms with Gasteiger partial charge in [0.15, 0.2) is 0 Å². The van der Waals surface area contributed by atoms with Crippen molar-refractivity contribution in [2.75, 3.05) is 0 Å². The van der Waals surface area contributed by atoms with E-state index in [1.54, 1.807) is 12.1 Å². The summed E-state index contributed by atoms with van der Waals surface area (Å²) in [6, 6.07) is 13.3. The molecule has 2 N–H and O–H groups in total. The summed E-state index contributed by atoms with van der Waals surface area (Å²) in [6.07, 6.45) is 0.833. The van der Waals surface area contributed by atoms with E-state index in [2.05, 4.69) is 6.58 Å². The van der Waals surface area contributed by atoms with Crippen LogP contribution in [0.3, 0.4) is 0 Å². The Bertz CT molecular complexity index is 503. The van der Waals surface area contributed by atoms with Crippen LogP contribution in [0.15, 0.2) is 55.1 Å². The molecule has 0 atom stereocenters. The van der Waals surface area contributed by atoms with E-state index in [-0.39, 0.29) is 0 Å². The van der Waals surface area contributed by atoms with Gasteiger partial charge in [-0.05, 0) is 22.9 Å². The maximum atomic E-state index is 9.25. The fraction of sp³-hybridized carbons (Fsp3) is 0. The number of rotatable bonds is 1. The van der Waals surface area contributed by atoms with Crippen LogP contribution in [-0.2, 0) is 4.79 Å². The number of carboxylic acids is 1. The topological polar surface area (TPSA) is 57.5 Å². The summed E-state index contributed by atoms with van der Waals surface area (Å²) in [5.74, 6) is -0.659. The lowest BCUT2D eigenvalue weighted by Crippen LogP contribution is -1.82. The molecule has 0 unspecified atom stereocenters. The van der Waals surface area contributed by atoms with Gasteiger partial charge in [-0.3, -0.25) is 0 Å². The number of fused-ring (bicyclic) bond motifs is 1. The van der Waals surface area contributed by atoms with Crippen molar-refractivity contribution in [3.63, 3.8) is 0 Å². The van der Waals surface area contributed by atoms with Gasteiger partial charge in [0.25, 0.3) is 0 Å². The Balaban J connectivity index is 0.000000221. The highest BCUT2D eigenvalue weighted by Crippen LogP contribution is 2.18. The van der Waals surface area contributed by atoms with E-state index in [0.717, 1.165) is 16.8 Å². The van der Waals surface area contributed by atoms with Gasteiger partial charge in [-0.1, -0.05) is 36.9 Å². The van der Waals surface area contributed by atoms with Crippen LogP contribution in [0, 0.1) is 0 Å². The third-order valence-corrected chi connectivity index (χ3v) is 1.91. The molecule has 3 nitrogen and oxygen atoms in total. The van der Waals surface area contributed by atoms with E-state index in [1.807, 2.05) is 30.3 Å². The summed E-state index contributed by atoms with van der Waals surface area (Å²) < 4.78 is 0. The van der Waals surface area contributed by atoms with Crippen LogP contribution < -0.4 is 0 Å². The van der Waals surface area contributed by atoms with Crippen molar-refractivity contribution in [3.8, 4) is 5.75 Å². The van der Waals surface area contributed by atoms with Crippen LogP contribution in [0.2, 0.25) is 0 Å². The second-order valence-corrected chi connectivity index (χ2v) is 3.07. The third-order valence-electron chi connectivity index (χ3n) is 1.91. The first-order valence-electron chi connectivity index (χ1n) is 4.66. The normalized spacial score (nSPS) is 9.00. The fourth-order valence-corrected chi connectivity index (χ4v) is 1.18. The number of hydrogen-bond donors (Lipinski definition) is 2. The number of phenols is 1. The van der Waals surface area contributed by atoms with Crippen LogP contribution in [-0.4, -0.2) is 16.2 Å². The molecule has 3 heteroatoms. The van der Waals surface area contributed by atoms with Crippen molar-refractivity contribution in [3.05, 3.63) is 55.1 Å². The zero-order chi connectivity index (χ0) is 12.0. The Morgan fingerprint density at radius 3 is 2.25 bits per heavy atom. The molecule has 0 heterocycles. The number of benzene rings is 2. The number of hydrogen-bond acceptors (Lipinski definition) is 2. The van der Waals surface area contributed by atoms with Crippen LogP contribution in [0.4, 0.5) is 0 Å². The van der Waals surface area contributed by atoms with E-state index < -0.39 is 5.97 Å². The predicted octanol–water partition coefficient (Wildman–Crippen LogP) is 2.80. The molecular weight excluding hydrogens is 204 g/mol. The molecule has 2 aromatic carbocycles. The van der Waals surface area contributed by atoms with Crippen molar-refractivity contribution >= 4 is 16.7 Å². The summed E-state index contributed by atoms with van der Waals surface area (Å²) in [5.41, 5.74) is 0. The smallest absolute Gasteiger partial charge is 0.327 e. The molecule has 0 spiro atoms. The Labute approximate surface area is 93.3 Å². The minimum absolute atomic E-state index is 0.323. The summed E-state index contributed by atoms with van der Waals surface area (Å²) >= 11 is 0. The van der Waals surface area contributed by atoms with E-state index in [9.17, 15) is 4.79 Å². The average Bonchev–Trinajstić information content (AvgIpc) is 2.29. The summed E-state index contributed by atoms with van der Waals surface area (Å²) in [5, 5.41) is 19.0. The van der Waals surface area contributed by atoms with Crippen LogP contribution in [0.25, 0.3) is 10.8 Å². The summed E-state index contributed by atoms with van der Waals surface area (Å²) in [7, 11) is 0. The molecular formula is C13H12O3. The number of carboxylic acid groups (broad SMARTS) is 1. The maximum absolute atomic E-state index is 9.25. The number of carbonyl (C=O) groups is 1. The standard InChI is InChI=1S/C10H8O.C3H4O2/c11-10-6-5-8-3-1-2-4-9(8)7-10;1-2-3(4)5/h1-7,11H;2H,1H2,(H,4,5). The highest BCUT2D eigenvalue weighted by Gasteiger charge is 1.91. The molecule has 0 fully saturated rings. The molecule has 0 saturated heterocycles. The molecule has 0 radical (unpaired) electrons. The number of aliphatic carboxylic acids is 1. The van der Waals surface area contributed by atoms with Gasteiger partial charge in [-0.25, -0.2) is 4.79 Å². The zero-order valence-corrected chi connectivity index (χ0v) is 8.63. The lowest BCUT2D eigenvalue weighted by atomic mass is 10.1. The number of aromatic hydroxyl groups is 1. The average molecular weight is 216 g/mol. The quantitative estimate of drug-likeness (QED) is 0.720. The van der Waals surface area contributed by atoms with Gasteiger partial charge >= 0.3 is 5.97 Å². The maximum Gasteiger partial charge on any atom is 0.327 e. The second kappa shape index (κ2) is 5.56. The largest absolute Gasteiger partial charge is 0.508 e. The Kier molecular flexibility index (Phi) is 4.09. The van der Waals surface area contributed by atoms with Crippen molar-refractivity contribution in [2.45, 2.75) is 0 Å². The highest BCUT2D eigenvalue weighted by atomic mass is 16.4. The molecule has 0 aliphatic heterocycles. The predicted molar refractivity (Wildman–Crippen MR) is 63.4 cm³/mol. The van der Waals surface area contributed by atoms with E-state index >= 15 is 0 Å². The molecule has 82 valence electrons. The monoisotopic (exact) mass is 216 g/mol. The Morgan fingerprint density at radius 2 is 1.69 bits per heavy atom. The van der Waals surface area contributed by atoms with Crippen molar-refractivity contribution in [1.82, 2.24) is 0 Å². The molecule has 16 heavy (non-hydrogen) atoms. The van der Waals surface area contributed by atoms with Crippen molar-refractivity contribution in [2.24, 2.45) is 0 Å². The first kappa shape index (κ1) is 11.8. The summed E-state index contributed by atoms with van der Waals surface area (Å²) in [4.78, 5) is 9.25. The van der Waals surface area contributed by atoms with E-state index in [4.69, 9.17) is 10.2 Å². The van der Waals surface area contributed by atoms with Gasteiger partial charge in [-0.15, -0.1) is 0 Å². The van der Waals surface area contributed by atoms with Crippen LogP contribution in [0.5, 0.6) is 5.75 Å². The first-order chi connectivity index (χ1) is 7.63. The highest BCUT2D eigenvalue weighted by molar-refractivity contribution is 5.83. The van der Waals surface area contributed by atoms with Crippen LogP contribution >= 0.6 is 0 Å². The lowest BCUT2D eigenvalue weighted by molar-refractivity contribution is -0.131. The van der Waals surface area contributed by atoms with Crippen molar-refractivity contribution < 1.29 is 15.0 Å². The molecule has 2 rings (SSSR count). The molecule has 2 aromatic rings. The van der Waals surface area contributed by atoms with E-state index in [0.29, 0.717) is 5.75 Å². The SMILES string of the molecule is C=CC(=O)O.Oc1ccc2ccccc2c1. The number of phenolic OH excluding ortho intramolecular Hbond substituents is 1. The Hall–Kier alpha value is -2.29. The van der Waals surface area contributed by atoms with Crippen molar-refractivity contribution in [1.29, 1.82) is 0 Å². The molecule has 0 aliphatic carbocycles. The van der Waals surface area contributed by atoms with Gasteiger partial charge in [0.2, 0.25) is 0 Å². The first-order valence-corrected chi connectivity index (χ1v) is 4.66. The van der Waals surface area contributed by atoms with Gasteiger partial charge < -0.3 is 10.2 Å². The molecule has 0 saturated carbocycles. The zero-order valence-electron chi connectivity index (χ0n) is 8.63. The molecule has 0 aromatic heterocycles. The minimum Gasteiger partial charge on any atom is -0.508 e. The Morgan fingerprint density at radius 1 is 1.12 bits per heavy atom. The molecule has 0 bridgehead atoms. The molecule has 0 amide bonds. The lowest BCUT2D eigenvalue weighted by Gasteiger charge is -1.96. The van der Waals surface area contributed by atoms with Crippen LogP contribution in [0.1, 0.15) is 0 Å². The van der Waals surface area contributed by atoms with Gasteiger partial charge in [0.05, 0.1) is 0 Å². The van der Waals surface area contributed by atoms with Gasteiger partial charge in [0.1, 0.15) is 5.75 Å². The van der Waals surface area contributed by atoms with Gasteiger partial charge in [0, 0.05) is 6.08 Å². The fourth-order valence-electron chi connectivity index (χ4n) is 1.18.